The van der Waals surface area contributed by atoms with Crippen LogP contribution in [-0.2, 0) is 28.6 Å². The van der Waals surface area contributed by atoms with Gasteiger partial charge in [-0.1, -0.05) is 229 Å². The van der Waals surface area contributed by atoms with Crippen molar-refractivity contribution in [3.8, 4) is 0 Å². The number of esters is 3. The molecule has 66 heavy (non-hydrogen) atoms. The van der Waals surface area contributed by atoms with Crippen molar-refractivity contribution in [2.45, 2.75) is 290 Å². The molecule has 0 aliphatic carbocycles. The molecule has 0 saturated heterocycles. The van der Waals surface area contributed by atoms with E-state index in [1.807, 2.05) is 0 Å². The van der Waals surface area contributed by atoms with Crippen molar-refractivity contribution in [2.24, 2.45) is 0 Å². The summed E-state index contributed by atoms with van der Waals surface area (Å²) in [6.07, 6.45) is 67.8. The van der Waals surface area contributed by atoms with Gasteiger partial charge in [-0.2, -0.15) is 0 Å². The minimum Gasteiger partial charge on any atom is -0.462 e. The molecule has 0 rings (SSSR count). The van der Waals surface area contributed by atoms with Gasteiger partial charge < -0.3 is 14.2 Å². The van der Waals surface area contributed by atoms with E-state index in [1.165, 1.54) is 148 Å². The zero-order valence-corrected chi connectivity index (χ0v) is 43.7. The van der Waals surface area contributed by atoms with Crippen LogP contribution in [0.15, 0.2) is 60.8 Å². The largest absolute Gasteiger partial charge is 0.462 e. The predicted octanol–water partition coefficient (Wildman–Crippen LogP) is 18.8. The Bertz CT molecular complexity index is 1200. The van der Waals surface area contributed by atoms with Crippen LogP contribution in [-0.4, -0.2) is 37.2 Å². The van der Waals surface area contributed by atoms with Gasteiger partial charge in [-0.15, -0.1) is 0 Å². The summed E-state index contributed by atoms with van der Waals surface area (Å²) in [6.45, 7) is 6.54. The number of rotatable bonds is 51. The first-order chi connectivity index (χ1) is 32.5. The van der Waals surface area contributed by atoms with E-state index in [1.54, 1.807) is 0 Å². The third-order valence-electron chi connectivity index (χ3n) is 12.2. The van der Waals surface area contributed by atoms with Crippen molar-refractivity contribution in [1.82, 2.24) is 0 Å². The number of allylic oxidation sites excluding steroid dienone is 10. The standard InChI is InChI=1S/C60H106O6/c1-4-7-10-13-16-19-22-24-26-27-28-29-30-31-32-33-34-36-38-41-44-47-50-53-59(62)65-56-57(55-64-58(61)52-49-46-43-40-37-21-18-15-12-9-6-3)66-60(63)54-51-48-45-42-39-35-25-23-20-17-14-11-8-5-2/h14-15,17-18,22-25,27-28,57H,4-13,16,19-21,26,29-56H2,1-3H3/b17-14-,18-15-,24-22-,25-23-,28-27-. The molecule has 0 aromatic rings. The maximum Gasteiger partial charge on any atom is 0.306 e. The normalized spacial score (nSPS) is 12.5. The lowest BCUT2D eigenvalue weighted by Crippen LogP contribution is -2.30. The van der Waals surface area contributed by atoms with Crippen LogP contribution in [0.3, 0.4) is 0 Å². The molecule has 0 spiro atoms. The van der Waals surface area contributed by atoms with E-state index in [4.69, 9.17) is 14.2 Å². The van der Waals surface area contributed by atoms with Crippen LogP contribution in [0.1, 0.15) is 284 Å². The molecule has 0 aromatic carbocycles. The molecule has 6 heteroatoms. The molecule has 0 aliphatic rings. The van der Waals surface area contributed by atoms with E-state index in [9.17, 15) is 14.4 Å². The van der Waals surface area contributed by atoms with Crippen LogP contribution in [0, 0.1) is 0 Å². The minimum absolute atomic E-state index is 0.0829. The Hall–Kier alpha value is -2.89. The molecule has 0 amide bonds. The highest BCUT2D eigenvalue weighted by Crippen LogP contribution is 2.15. The Morgan fingerprint density at radius 2 is 0.561 bits per heavy atom. The van der Waals surface area contributed by atoms with Gasteiger partial charge in [-0.3, -0.25) is 14.4 Å². The molecule has 0 N–H and O–H groups in total. The van der Waals surface area contributed by atoms with E-state index in [0.717, 1.165) is 96.3 Å². The molecule has 0 aliphatic heterocycles. The fourth-order valence-corrected chi connectivity index (χ4v) is 7.88. The van der Waals surface area contributed by atoms with Crippen molar-refractivity contribution in [2.75, 3.05) is 13.2 Å². The van der Waals surface area contributed by atoms with E-state index < -0.39 is 6.10 Å². The SMILES string of the molecule is CCCC/C=C\C/C=C\CCCCCCCC(=O)OC(COC(=O)CCCCCCC/C=C\CCCC)COC(=O)CCCCCCCCCCCCC/C=C\C/C=C\CCCCCCC. The maximum atomic E-state index is 12.8. The molecule has 0 bridgehead atoms. The van der Waals surface area contributed by atoms with Gasteiger partial charge in [0.05, 0.1) is 0 Å². The fourth-order valence-electron chi connectivity index (χ4n) is 7.88. The Labute approximate surface area is 409 Å². The average molecular weight is 924 g/mol. The highest BCUT2D eigenvalue weighted by molar-refractivity contribution is 5.71. The minimum atomic E-state index is -0.784. The Balaban J connectivity index is 4.28. The number of ether oxygens (including phenoxy) is 3. The number of carbonyl (C=O) groups excluding carboxylic acids is 3. The fraction of sp³-hybridized carbons (Fsp3) is 0.783. The summed E-state index contributed by atoms with van der Waals surface area (Å²) in [4.78, 5) is 38.0. The summed E-state index contributed by atoms with van der Waals surface area (Å²) in [7, 11) is 0. The second kappa shape index (κ2) is 54.7. The van der Waals surface area contributed by atoms with Crippen LogP contribution < -0.4 is 0 Å². The van der Waals surface area contributed by atoms with Crippen LogP contribution >= 0.6 is 0 Å². The lowest BCUT2D eigenvalue weighted by molar-refractivity contribution is -0.167. The number of hydrogen-bond donors (Lipinski definition) is 0. The molecule has 382 valence electrons. The monoisotopic (exact) mass is 923 g/mol. The summed E-state index contributed by atoms with van der Waals surface area (Å²) in [5, 5.41) is 0. The Kier molecular flexibility index (Phi) is 52.3. The van der Waals surface area contributed by atoms with Crippen molar-refractivity contribution in [1.29, 1.82) is 0 Å². The van der Waals surface area contributed by atoms with E-state index >= 15 is 0 Å². The molecule has 0 radical (unpaired) electrons. The van der Waals surface area contributed by atoms with E-state index in [2.05, 4.69) is 81.5 Å². The molecular weight excluding hydrogens is 817 g/mol. The number of unbranched alkanes of at least 4 members (excludes halogenated alkanes) is 30. The number of hydrogen-bond acceptors (Lipinski definition) is 6. The molecular formula is C60H106O6. The summed E-state index contributed by atoms with van der Waals surface area (Å²) in [5.41, 5.74) is 0. The predicted molar refractivity (Wildman–Crippen MR) is 284 cm³/mol. The molecule has 0 fully saturated rings. The van der Waals surface area contributed by atoms with Gasteiger partial charge in [-0.05, 0) is 96.3 Å². The van der Waals surface area contributed by atoms with Crippen LogP contribution in [0.2, 0.25) is 0 Å². The van der Waals surface area contributed by atoms with Gasteiger partial charge in [0.15, 0.2) is 6.10 Å². The summed E-state index contributed by atoms with van der Waals surface area (Å²) in [6, 6.07) is 0. The van der Waals surface area contributed by atoms with Gasteiger partial charge >= 0.3 is 17.9 Å². The molecule has 0 aromatic heterocycles. The smallest absolute Gasteiger partial charge is 0.306 e. The highest BCUT2D eigenvalue weighted by Gasteiger charge is 2.19. The first-order valence-electron chi connectivity index (χ1n) is 28.3. The Morgan fingerprint density at radius 3 is 0.894 bits per heavy atom. The Morgan fingerprint density at radius 1 is 0.303 bits per heavy atom. The van der Waals surface area contributed by atoms with Crippen molar-refractivity contribution >= 4 is 17.9 Å². The second-order valence-electron chi connectivity index (χ2n) is 18.8. The summed E-state index contributed by atoms with van der Waals surface area (Å²) >= 11 is 0. The average Bonchev–Trinajstić information content (AvgIpc) is 3.31. The third-order valence-corrected chi connectivity index (χ3v) is 12.2. The first-order valence-corrected chi connectivity index (χ1v) is 28.3. The topological polar surface area (TPSA) is 78.9 Å². The van der Waals surface area contributed by atoms with E-state index in [-0.39, 0.29) is 31.1 Å². The summed E-state index contributed by atoms with van der Waals surface area (Å²) < 4.78 is 16.8. The molecule has 0 saturated carbocycles. The first kappa shape index (κ1) is 63.1. The van der Waals surface area contributed by atoms with Crippen molar-refractivity contribution in [3.05, 3.63) is 60.8 Å². The molecule has 1 atom stereocenters. The molecule has 6 nitrogen and oxygen atoms in total. The highest BCUT2D eigenvalue weighted by atomic mass is 16.6. The zero-order valence-electron chi connectivity index (χ0n) is 43.7. The van der Waals surface area contributed by atoms with Gasteiger partial charge in [-0.25, -0.2) is 0 Å². The quantitative estimate of drug-likeness (QED) is 0.0262. The van der Waals surface area contributed by atoms with Crippen LogP contribution in [0.5, 0.6) is 0 Å². The molecule has 0 heterocycles. The zero-order chi connectivity index (χ0) is 47.9. The van der Waals surface area contributed by atoms with Crippen molar-refractivity contribution in [3.63, 3.8) is 0 Å². The van der Waals surface area contributed by atoms with Crippen molar-refractivity contribution < 1.29 is 28.6 Å². The lowest BCUT2D eigenvalue weighted by Gasteiger charge is -2.18. The van der Waals surface area contributed by atoms with Gasteiger partial charge in [0.1, 0.15) is 13.2 Å². The third kappa shape index (κ3) is 52.1. The van der Waals surface area contributed by atoms with Crippen LogP contribution in [0.25, 0.3) is 0 Å². The second-order valence-corrected chi connectivity index (χ2v) is 18.8. The molecule has 1 unspecified atom stereocenters. The number of carbonyl (C=O) groups is 3. The van der Waals surface area contributed by atoms with Gasteiger partial charge in [0.25, 0.3) is 0 Å². The van der Waals surface area contributed by atoms with Gasteiger partial charge in [0, 0.05) is 19.3 Å². The maximum absolute atomic E-state index is 12.8. The van der Waals surface area contributed by atoms with Gasteiger partial charge in [0.2, 0.25) is 0 Å². The lowest BCUT2D eigenvalue weighted by atomic mass is 10.0. The van der Waals surface area contributed by atoms with Crippen LogP contribution in [0.4, 0.5) is 0 Å². The summed E-state index contributed by atoms with van der Waals surface area (Å²) in [5.74, 6) is -0.902. The van der Waals surface area contributed by atoms with E-state index in [0.29, 0.717) is 19.3 Å².